The van der Waals surface area contributed by atoms with Crippen molar-refractivity contribution in [1.29, 1.82) is 0 Å². The number of aromatic amines is 1. The Balaban J connectivity index is 1.52. The lowest BCUT2D eigenvalue weighted by Gasteiger charge is -2.37. The van der Waals surface area contributed by atoms with Crippen molar-refractivity contribution < 1.29 is 14.3 Å². The van der Waals surface area contributed by atoms with E-state index in [1.54, 1.807) is 11.8 Å². The molecule has 132 valence electrons. The zero-order valence-corrected chi connectivity index (χ0v) is 14.7. The Labute approximate surface area is 151 Å². The Bertz CT molecular complexity index is 739. The molecule has 1 fully saturated rings. The fourth-order valence-electron chi connectivity index (χ4n) is 2.84. The largest absolute Gasteiger partial charge is 0.448 e. The normalized spacial score (nSPS) is 15.8. The molecular formula is C18H20ClN3O3. The van der Waals surface area contributed by atoms with Crippen molar-refractivity contribution >= 4 is 29.2 Å². The molecule has 1 N–H and O–H groups in total. The van der Waals surface area contributed by atoms with Crippen LogP contribution in [0.4, 0.5) is 5.69 Å². The summed E-state index contributed by atoms with van der Waals surface area (Å²) in [6.07, 6.45) is 0.658. The second kappa shape index (κ2) is 7.61. The summed E-state index contributed by atoms with van der Waals surface area (Å²) < 4.78 is 5.24. The molecule has 1 aliphatic heterocycles. The van der Waals surface area contributed by atoms with Gasteiger partial charge in [0.15, 0.2) is 6.10 Å². The van der Waals surface area contributed by atoms with Crippen LogP contribution in [0.1, 0.15) is 17.4 Å². The molecule has 0 bridgehead atoms. The highest BCUT2D eigenvalue weighted by molar-refractivity contribution is 6.30. The standard InChI is InChI=1S/C18H20ClN3O3/c1-13(25-18(24)16-11-14(19)12-20-16)17(23)22-9-7-21(8-10-22)15-5-3-2-4-6-15/h2-6,11-13,20H,7-10H2,1H3/t13-/m0/s1. The van der Waals surface area contributed by atoms with E-state index in [9.17, 15) is 9.59 Å². The Kier molecular flexibility index (Phi) is 5.28. The van der Waals surface area contributed by atoms with Crippen LogP contribution in [0.25, 0.3) is 0 Å². The highest BCUT2D eigenvalue weighted by Gasteiger charge is 2.27. The van der Waals surface area contributed by atoms with Gasteiger partial charge in [-0.25, -0.2) is 4.79 Å². The Morgan fingerprint density at radius 2 is 1.84 bits per heavy atom. The van der Waals surface area contributed by atoms with Gasteiger partial charge in [-0.3, -0.25) is 4.79 Å². The molecule has 0 unspecified atom stereocenters. The molecule has 1 amide bonds. The highest BCUT2D eigenvalue weighted by Crippen LogP contribution is 2.17. The van der Waals surface area contributed by atoms with Gasteiger partial charge in [0.25, 0.3) is 5.91 Å². The second-order valence-corrected chi connectivity index (χ2v) is 6.36. The lowest BCUT2D eigenvalue weighted by atomic mass is 10.2. The maximum atomic E-state index is 12.5. The van der Waals surface area contributed by atoms with Crippen LogP contribution < -0.4 is 4.90 Å². The Morgan fingerprint density at radius 3 is 2.44 bits per heavy atom. The van der Waals surface area contributed by atoms with Gasteiger partial charge in [-0.1, -0.05) is 29.8 Å². The summed E-state index contributed by atoms with van der Waals surface area (Å²) in [7, 11) is 0. The summed E-state index contributed by atoms with van der Waals surface area (Å²) in [4.78, 5) is 31.2. The van der Waals surface area contributed by atoms with Crippen molar-refractivity contribution in [3.05, 3.63) is 53.3 Å². The van der Waals surface area contributed by atoms with Gasteiger partial charge in [0.1, 0.15) is 5.69 Å². The monoisotopic (exact) mass is 361 g/mol. The molecular weight excluding hydrogens is 342 g/mol. The van der Waals surface area contributed by atoms with E-state index in [4.69, 9.17) is 16.3 Å². The van der Waals surface area contributed by atoms with Gasteiger partial charge < -0.3 is 19.5 Å². The van der Waals surface area contributed by atoms with Crippen LogP contribution in [0.2, 0.25) is 5.02 Å². The van der Waals surface area contributed by atoms with Crippen molar-refractivity contribution in [3.63, 3.8) is 0 Å². The van der Waals surface area contributed by atoms with E-state index >= 15 is 0 Å². The van der Waals surface area contributed by atoms with Gasteiger partial charge in [0.05, 0.1) is 5.02 Å². The molecule has 7 heteroatoms. The number of hydrogen-bond acceptors (Lipinski definition) is 4. The summed E-state index contributed by atoms with van der Waals surface area (Å²) in [5.74, 6) is -0.769. The third kappa shape index (κ3) is 4.14. The minimum atomic E-state index is -0.835. The molecule has 6 nitrogen and oxygen atoms in total. The summed E-state index contributed by atoms with van der Waals surface area (Å²) in [6, 6.07) is 11.6. The van der Waals surface area contributed by atoms with Crippen LogP contribution in [-0.4, -0.2) is 54.0 Å². The zero-order chi connectivity index (χ0) is 17.8. The SMILES string of the molecule is C[C@H](OC(=O)c1cc(Cl)c[nH]1)C(=O)N1CCN(c2ccccc2)CC1. The molecule has 2 aromatic rings. The van der Waals surface area contributed by atoms with Crippen LogP contribution in [0.3, 0.4) is 0 Å². The number of nitrogens with one attached hydrogen (secondary N) is 1. The summed E-state index contributed by atoms with van der Waals surface area (Å²) >= 11 is 5.77. The summed E-state index contributed by atoms with van der Waals surface area (Å²) in [5.41, 5.74) is 1.39. The number of H-pyrrole nitrogens is 1. The lowest BCUT2D eigenvalue weighted by Crippen LogP contribution is -2.51. The number of halogens is 1. The second-order valence-electron chi connectivity index (χ2n) is 5.93. The van der Waals surface area contributed by atoms with Gasteiger partial charge in [-0.15, -0.1) is 0 Å². The van der Waals surface area contributed by atoms with Crippen molar-refractivity contribution in [2.75, 3.05) is 31.1 Å². The number of benzene rings is 1. The van der Waals surface area contributed by atoms with Crippen molar-refractivity contribution in [3.8, 4) is 0 Å². The van der Waals surface area contributed by atoms with Gasteiger partial charge in [-0.05, 0) is 25.1 Å². The average Bonchev–Trinajstić information content (AvgIpc) is 3.08. The number of anilines is 1. The predicted molar refractivity (Wildman–Crippen MR) is 95.9 cm³/mol. The maximum absolute atomic E-state index is 12.5. The molecule has 0 spiro atoms. The van der Waals surface area contributed by atoms with Crippen LogP contribution in [0.5, 0.6) is 0 Å². The molecule has 1 atom stereocenters. The zero-order valence-electron chi connectivity index (χ0n) is 13.9. The third-order valence-corrected chi connectivity index (χ3v) is 4.43. The fraction of sp³-hybridized carbons (Fsp3) is 0.333. The molecule has 1 aromatic carbocycles. The van der Waals surface area contributed by atoms with E-state index in [1.807, 2.05) is 18.2 Å². The van der Waals surface area contributed by atoms with E-state index < -0.39 is 12.1 Å². The number of ether oxygens (including phenoxy) is 1. The van der Waals surface area contributed by atoms with E-state index in [0.29, 0.717) is 18.1 Å². The number of esters is 1. The number of rotatable bonds is 4. The van der Waals surface area contributed by atoms with Crippen LogP contribution in [0.15, 0.2) is 42.6 Å². The topological polar surface area (TPSA) is 65.6 Å². The van der Waals surface area contributed by atoms with Crippen molar-refractivity contribution in [2.45, 2.75) is 13.0 Å². The van der Waals surface area contributed by atoms with Crippen LogP contribution in [0, 0.1) is 0 Å². The minimum absolute atomic E-state index is 0.182. The number of hydrogen-bond donors (Lipinski definition) is 1. The lowest BCUT2D eigenvalue weighted by molar-refractivity contribution is -0.140. The minimum Gasteiger partial charge on any atom is -0.448 e. The van der Waals surface area contributed by atoms with Crippen LogP contribution in [-0.2, 0) is 9.53 Å². The molecule has 25 heavy (non-hydrogen) atoms. The molecule has 0 radical (unpaired) electrons. The van der Waals surface area contributed by atoms with Gasteiger partial charge in [0, 0.05) is 38.1 Å². The van der Waals surface area contributed by atoms with Gasteiger partial charge >= 0.3 is 5.97 Å². The van der Waals surface area contributed by atoms with E-state index in [1.165, 1.54) is 12.3 Å². The number of para-hydroxylation sites is 1. The van der Waals surface area contributed by atoms with Crippen molar-refractivity contribution in [2.24, 2.45) is 0 Å². The first-order valence-corrected chi connectivity index (χ1v) is 8.56. The molecule has 2 heterocycles. The molecule has 0 aliphatic carbocycles. The quantitative estimate of drug-likeness (QED) is 0.850. The molecule has 3 rings (SSSR count). The predicted octanol–water partition coefficient (Wildman–Crippen LogP) is 2.56. The molecule has 1 aliphatic rings. The first kappa shape index (κ1) is 17.4. The highest BCUT2D eigenvalue weighted by atomic mass is 35.5. The Hall–Kier alpha value is -2.47. The van der Waals surface area contributed by atoms with Gasteiger partial charge in [0.2, 0.25) is 0 Å². The number of carbonyl (C=O) groups excluding carboxylic acids is 2. The number of nitrogens with zero attached hydrogens (tertiary/aromatic N) is 2. The average molecular weight is 362 g/mol. The maximum Gasteiger partial charge on any atom is 0.355 e. The van der Waals surface area contributed by atoms with E-state index in [0.717, 1.165) is 18.8 Å². The third-order valence-electron chi connectivity index (χ3n) is 4.21. The number of carbonyl (C=O) groups is 2. The van der Waals surface area contributed by atoms with Crippen molar-refractivity contribution in [1.82, 2.24) is 9.88 Å². The van der Waals surface area contributed by atoms with E-state index in [2.05, 4.69) is 22.0 Å². The summed E-state index contributed by atoms with van der Waals surface area (Å²) in [5, 5.41) is 0.419. The number of aromatic nitrogens is 1. The molecule has 1 saturated heterocycles. The first-order valence-electron chi connectivity index (χ1n) is 8.18. The Morgan fingerprint density at radius 1 is 1.16 bits per heavy atom. The fourth-order valence-corrected chi connectivity index (χ4v) is 3.00. The van der Waals surface area contributed by atoms with Gasteiger partial charge in [-0.2, -0.15) is 0 Å². The number of amides is 1. The smallest absolute Gasteiger partial charge is 0.355 e. The molecule has 0 saturated carbocycles. The first-order chi connectivity index (χ1) is 12.0. The van der Waals surface area contributed by atoms with E-state index in [-0.39, 0.29) is 11.6 Å². The summed E-state index contributed by atoms with van der Waals surface area (Å²) in [6.45, 7) is 4.30. The van der Waals surface area contributed by atoms with Crippen LogP contribution >= 0.6 is 11.6 Å². The molecule has 1 aromatic heterocycles. The number of piperazine rings is 1.